The third-order valence-corrected chi connectivity index (χ3v) is 15.8. The molecule has 5 aliphatic carbocycles. The molecule has 1 heterocycles. The Morgan fingerprint density at radius 2 is 1.59 bits per heavy atom. The second-order valence-corrected chi connectivity index (χ2v) is 18.8. The van der Waals surface area contributed by atoms with Crippen molar-refractivity contribution in [3.05, 3.63) is 11.6 Å². The molecule has 7 nitrogen and oxygen atoms in total. The Hall–Kier alpha value is -0.990. The second-order valence-electron chi connectivity index (χ2n) is 18.8. The normalized spacial score (nSPS) is 51.1. The van der Waals surface area contributed by atoms with Gasteiger partial charge in [0.25, 0.3) is 0 Å². The molecule has 13 atom stereocenters. The molecule has 0 aromatic heterocycles. The average molecular weight is 645 g/mol. The number of carbonyl (C=O) groups is 1. The number of aliphatic hydroxyl groups excluding tert-OH is 3. The van der Waals surface area contributed by atoms with Crippen LogP contribution in [0.15, 0.2) is 11.6 Å². The average Bonchev–Trinajstić information content (AvgIpc) is 2.98. The number of carboxylic acid groups (broad SMARTS) is 1. The summed E-state index contributed by atoms with van der Waals surface area (Å²) >= 11 is 0. The van der Waals surface area contributed by atoms with E-state index in [4.69, 9.17) is 9.47 Å². The molecule has 5 fully saturated rings. The molecule has 6 rings (SSSR count). The van der Waals surface area contributed by atoms with Gasteiger partial charge in [-0.3, -0.25) is 4.79 Å². The molecule has 4 N–H and O–H groups in total. The fraction of sp³-hybridized carbons (Fsp3) is 0.923. The van der Waals surface area contributed by atoms with Crippen molar-refractivity contribution in [3.63, 3.8) is 0 Å². The van der Waals surface area contributed by atoms with E-state index in [-0.39, 0.29) is 39.1 Å². The molecule has 1 saturated heterocycles. The summed E-state index contributed by atoms with van der Waals surface area (Å²) in [5.41, 5.74) is 1.00. The maximum absolute atomic E-state index is 13.0. The lowest BCUT2D eigenvalue weighted by molar-refractivity contribution is -0.327. The Morgan fingerprint density at radius 3 is 2.26 bits per heavy atom. The van der Waals surface area contributed by atoms with Crippen LogP contribution in [-0.2, 0) is 14.3 Å². The van der Waals surface area contributed by atoms with Crippen LogP contribution in [0, 0.1) is 50.2 Å². The molecule has 6 aliphatic rings. The summed E-state index contributed by atoms with van der Waals surface area (Å²) in [6.45, 7) is 19.0. The number of carboxylic acids is 1. The minimum atomic E-state index is -1.29. The highest BCUT2D eigenvalue weighted by Crippen LogP contribution is 2.76. The highest BCUT2D eigenvalue weighted by atomic mass is 16.7. The predicted octanol–water partition coefficient (Wildman–Crippen LogP) is 7.26. The fourth-order valence-corrected chi connectivity index (χ4v) is 12.7. The van der Waals surface area contributed by atoms with Crippen molar-refractivity contribution in [2.24, 2.45) is 50.2 Å². The van der Waals surface area contributed by atoms with E-state index >= 15 is 0 Å². The first kappa shape index (κ1) is 34.9. The van der Waals surface area contributed by atoms with Crippen molar-refractivity contribution in [2.45, 2.75) is 176 Å². The van der Waals surface area contributed by atoms with Crippen LogP contribution in [0.2, 0.25) is 0 Å². The smallest absolute Gasteiger partial charge is 0.310 e. The number of hydrogen-bond acceptors (Lipinski definition) is 6. The molecule has 0 amide bonds. The van der Waals surface area contributed by atoms with E-state index in [9.17, 15) is 25.2 Å². The SMILES string of the molecule is CCCC[C@H]1O[C@@H](O[C@@H]2CC[C@]3(C)[C@H](CC[C@]4(C)[C@@H]3CC=C3[C@H]5CC(C)(C)CC[C@]5(C(=O)O)CC[C@]34C)C2(C)C)[C@H](O)[C@@H](O)[C@@H]1O. The lowest BCUT2D eigenvalue weighted by Crippen LogP contribution is -2.66. The third-order valence-electron chi connectivity index (χ3n) is 15.8. The number of ether oxygens (including phenoxy) is 2. The number of hydrogen-bond donors (Lipinski definition) is 4. The predicted molar refractivity (Wildman–Crippen MR) is 178 cm³/mol. The van der Waals surface area contributed by atoms with Crippen LogP contribution in [-0.4, -0.2) is 63.2 Å². The van der Waals surface area contributed by atoms with Crippen molar-refractivity contribution < 1.29 is 34.7 Å². The number of aliphatic carboxylic acids is 1. The van der Waals surface area contributed by atoms with Gasteiger partial charge < -0.3 is 29.9 Å². The highest BCUT2D eigenvalue weighted by Gasteiger charge is 2.69. The van der Waals surface area contributed by atoms with Crippen LogP contribution >= 0.6 is 0 Å². The van der Waals surface area contributed by atoms with Crippen LogP contribution in [0.25, 0.3) is 0 Å². The van der Waals surface area contributed by atoms with E-state index in [1.54, 1.807) is 0 Å². The number of fused-ring (bicyclic) bond motifs is 7. The molecule has 0 bridgehead atoms. The first-order valence-electron chi connectivity index (χ1n) is 18.7. The van der Waals surface area contributed by atoms with E-state index in [0.29, 0.717) is 18.3 Å². The monoisotopic (exact) mass is 644 g/mol. The van der Waals surface area contributed by atoms with Crippen LogP contribution in [0.3, 0.4) is 0 Å². The van der Waals surface area contributed by atoms with Crippen molar-refractivity contribution in [1.82, 2.24) is 0 Å². The second kappa shape index (κ2) is 11.5. The first-order valence-corrected chi connectivity index (χ1v) is 18.7. The fourth-order valence-electron chi connectivity index (χ4n) is 12.7. The minimum absolute atomic E-state index is 0.0110. The zero-order valence-corrected chi connectivity index (χ0v) is 30.0. The first-order chi connectivity index (χ1) is 21.4. The maximum Gasteiger partial charge on any atom is 0.310 e. The summed E-state index contributed by atoms with van der Waals surface area (Å²) < 4.78 is 12.8. The topological polar surface area (TPSA) is 116 Å². The Balaban J connectivity index is 1.27. The molecule has 7 heteroatoms. The van der Waals surface area contributed by atoms with Gasteiger partial charge in [0.15, 0.2) is 6.29 Å². The van der Waals surface area contributed by atoms with Gasteiger partial charge in [0, 0.05) is 0 Å². The van der Waals surface area contributed by atoms with E-state index in [1.165, 1.54) is 5.57 Å². The summed E-state index contributed by atoms with van der Waals surface area (Å²) in [6.07, 6.45) is 9.21. The quantitative estimate of drug-likeness (QED) is 0.178. The van der Waals surface area contributed by atoms with Gasteiger partial charge in [-0.25, -0.2) is 0 Å². The van der Waals surface area contributed by atoms with Crippen molar-refractivity contribution in [2.75, 3.05) is 0 Å². The minimum Gasteiger partial charge on any atom is -0.481 e. The van der Waals surface area contributed by atoms with Crippen LogP contribution in [0.1, 0.15) is 139 Å². The van der Waals surface area contributed by atoms with E-state index < -0.39 is 42.1 Å². The van der Waals surface area contributed by atoms with E-state index in [1.807, 2.05) is 0 Å². The molecule has 46 heavy (non-hydrogen) atoms. The Bertz CT molecular complexity index is 1210. The van der Waals surface area contributed by atoms with Gasteiger partial charge in [-0.15, -0.1) is 0 Å². The number of aliphatic hydroxyl groups is 3. The zero-order chi connectivity index (χ0) is 33.7. The van der Waals surface area contributed by atoms with Gasteiger partial charge in [0.2, 0.25) is 0 Å². The molecular formula is C39H64O7. The standard InChI is InChI=1S/C39H64O7/c1-9-10-11-25-29(40)30(41)31(42)32(45-25)46-28-15-16-36(6)26(35(28,4)5)14-17-38(8)27(36)13-12-23-24-22-34(2,3)18-20-39(24,33(43)44)21-19-37(23,38)7/h12,24-32,40-42H,9-11,13-22H2,1-8H3,(H,43,44)/t24-,25-,26-,27-,28-,29-,30+,31-,32+,36-,37-,38-,39+/m1/s1. The Morgan fingerprint density at radius 1 is 0.891 bits per heavy atom. The van der Waals surface area contributed by atoms with Gasteiger partial charge in [-0.05, 0) is 115 Å². The molecule has 4 saturated carbocycles. The molecule has 0 spiro atoms. The largest absolute Gasteiger partial charge is 0.481 e. The third kappa shape index (κ3) is 4.94. The molecular weight excluding hydrogens is 580 g/mol. The van der Waals surface area contributed by atoms with Crippen molar-refractivity contribution >= 4 is 5.97 Å². The van der Waals surface area contributed by atoms with Crippen LogP contribution < -0.4 is 0 Å². The van der Waals surface area contributed by atoms with Gasteiger partial charge in [-0.1, -0.05) is 79.9 Å². The lowest BCUT2D eigenvalue weighted by Gasteiger charge is -2.71. The van der Waals surface area contributed by atoms with Crippen LogP contribution in [0.5, 0.6) is 0 Å². The van der Waals surface area contributed by atoms with Crippen molar-refractivity contribution in [3.8, 4) is 0 Å². The van der Waals surface area contributed by atoms with Gasteiger partial charge in [0.1, 0.15) is 18.3 Å². The lowest BCUT2D eigenvalue weighted by atomic mass is 9.33. The molecule has 1 aliphatic heterocycles. The summed E-state index contributed by atoms with van der Waals surface area (Å²) in [5, 5.41) is 42.9. The number of rotatable bonds is 6. The van der Waals surface area contributed by atoms with Crippen LogP contribution in [0.4, 0.5) is 0 Å². The van der Waals surface area contributed by atoms with E-state index in [2.05, 4.69) is 61.5 Å². The summed E-state index contributed by atoms with van der Waals surface area (Å²) in [6, 6.07) is 0. The summed E-state index contributed by atoms with van der Waals surface area (Å²) in [4.78, 5) is 13.0. The maximum atomic E-state index is 13.0. The molecule has 0 aromatic carbocycles. The highest BCUT2D eigenvalue weighted by molar-refractivity contribution is 5.76. The van der Waals surface area contributed by atoms with Gasteiger partial charge >= 0.3 is 5.97 Å². The van der Waals surface area contributed by atoms with Gasteiger partial charge in [-0.2, -0.15) is 0 Å². The number of allylic oxidation sites excluding steroid dienone is 2. The van der Waals surface area contributed by atoms with Gasteiger partial charge in [0.05, 0.1) is 17.6 Å². The summed E-state index contributed by atoms with van der Waals surface area (Å²) in [7, 11) is 0. The Labute approximate surface area is 277 Å². The molecule has 0 radical (unpaired) electrons. The zero-order valence-electron chi connectivity index (χ0n) is 30.0. The summed E-state index contributed by atoms with van der Waals surface area (Å²) in [5.74, 6) is 0.449. The van der Waals surface area contributed by atoms with E-state index in [0.717, 1.165) is 77.0 Å². The molecule has 262 valence electrons. The van der Waals surface area contributed by atoms with Crippen molar-refractivity contribution in [1.29, 1.82) is 0 Å². The Kier molecular flexibility index (Phi) is 8.74. The molecule has 0 unspecified atom stereocenters. The molecule has 0 aromatic rings. The number of unbranched alkanes of at least 4 members (excludes halogenated alkanes) is 1.